The zero-order valence-corrected chi connectivity index (χ0v) is 11.8. The summed E-state index contributed by atoms with van der Waals surface area (Å²) in [5, 5.41) is 11.0. The van der Waals surface area contributed by atoms with Gasteiger partial charge >= 0.3 is 5.97 Å². The molecule has 0 fully saturated rings. The van der Waals surface area contributed by atoms with E-state index in [1.807, 2.05) is 18.2 Å². The second-order valence-corrected chi connectivity index (χ2v) is 5.13. The Morgan fingerprint density at radius 3 is 2.14 bits per heavy atom. The molecular weight excluding hydrogens is 260 g/mol. The van der Waals surface area contributed by atoms with Gasteiger partial charge in [0.05, 0.1) is 5.56 Å². The van der Waals surface area contributed by atoms with Crippen LogP contribution in [0.25, 0.3) is 21.9 Å². The Labute approximate surface area is 123 Å². The van der Waals surface area contributed by atoms with E-state index in [0.29, 0.717) is 5.56 Å². The number of carbonyl (C=O) groups is 1. The van der Waals surface area contributed by atoms with Crippen LogP contribution >= 0.6 is 0 Å². The van der Waals surface area contributed by atoms with Gasteiger partial charge in [-0.3, -0.25) is 0 Å². The molecule has 3 aromatic rings. The number of carboxylic acids is 1. The minimum atomic E-state index is -0.892. The van der Waals surface area contributed by atoms with Crippen molar-refractivity contribution in [2.24, 2.45) is 0 Å². The van der Waals surface area contributed by atoms with Gasteiger partial charge in [0.1, 0.15) is 0 Å². The van der Waals surface area contributed by atoms with Gasteiger partial charge in [0.2, 0.25) is 0 Å². The summed E-state index contributed by atoms with van der Waals surface area (Å²) in [6, 6.07) is 19.9. The summed E-state index contributed by atoms with van der Waals surface area (Å²) in [5.74, 6) is -0.892. The predicted octanol–water partition coefficient (Wildman–Crippen LogP) is 4.77. The Hall–Kier alpha value is -2.61. The van der Waals surface area contributed by atoms with Crippen molar-refractivity contribution in [1.82, 2.24) is 0 Å². The topological polar surface area (TPSA) is 37.3 Å². The van der Waals surface area contributed by atoms with Crippen LogP contribution in [0.3, 0.4) is 0 Å². The molecule has 0 atom stereocenters. The summed E-state index contributed by atoms with van der Waals surface area (Å²) >= 11 is 0. The van der Waals surface area contributed by atoms with Crippen LogP contribution in [0.5, 0.6) is 0 Å². The second-order valence-electron chi connectivity index (χ2n) is 5.13. The van der Waals surface area contributed by atoms with Gasteiger partial charge in [0.25, 0.3) is 0 Å². The molecule has 0 heterocycles. The summed E-state index contributed by atoms with van der Waals surface area (Å²) in [6.07, 6.45) is 1.04. The summed E-state index contributed by atoms with van der Waals surface area (Å²) in [6.45, 7) is 2.14. The highest BCUT2D eigenvalue weighted by Gasteiger charge is 2.05. The van der Waals surface area contributed by atoms with E-state index in [4.69, 9.17) is 5.11 Å². The first kappa shape index (κ1) is 13.4. The van der Waals surface area contributed by atoms with E-state index < -0.39 is 5.97 Å². The Kier molecular flexibility index (Phi) is 3.44. The fourth-order valence-electron chi connectivity index (χ4n) is 2.49. The maximum Gasteiger partial charge on any atom is 0.335 e. The fraction of sp³-hybridized carbons (Fsp3) is 0.105. The first-order chi connectivity index (χ1) is 10.2. The van der Waals surface area contributed by atoms with Gasteiger partial charge in [-0.25, -0.2) is 4.79 Å². The van der Waals surface area contributed by atoms with Crippen molar-refractivity contribution in [3.63, 3.8) is 0 Å². The smallest absolute Gasteiger partial charge is 0.335 e. The first-order valence-electron chi connectivity index (χ1n) is 7.04. The molecule has 1 N–H and O–H groups in total. The lowest BCUT2D eigenvalue weighted by atomic mass is 9.99. The lowest BCUT2D eigenvalue weighted by Gasteiger charge is -2.06. The highest BCUT2D eigenvalue weighted by Crippen LogP contribution is 2.25. The summed E-state index contributed by atoms with van der Waals surface area (Å²) < 4.78 is 0. The van der Waals surface area contributed by atoms with Crippen LogP contribution in [0.1, 0.15) is 22.8 Å². The van der Waals surface area contributed by atoms with Crippen LogP contribution in [0, 0.1) is 0 Å². The third-order valence-corrected chi connectivity index (χ3v) is 3.78. The highest BCUT2D eigenvalue weighted by molar-refractivity contribution is 5.95. The van der Waals surface area contributed by atoms with E-state index in [0.717, 1.165) is 22.8 Å². The monoisotopic (exact) mass is 276 g/mol. The van der Waals surface area contributed by atoms with Gasteiger partial charge in [-0.1, -0.05) is 49.4 Å². The maximum absolute atomic E-state index is 11.0. The van der Waals surface area contributed by atoms with Crippen molar-refractivity contribution in [1.29, 1.82) is 0 Å². The predicted molar refractivity (Wildman–Crippen MR) is 85.7 cm³/mol. The average molecular weight is 276 g/mol. The van der Waals surface area contributed by atoms with Crippen molar-refractivity contribution < 1.29 is 9.90 Å². The Bertz CT molecular complexity index is 801. The number of hydrogen-bond acceptors (Lipinski definition) is 1. The summed E-state index contributed by atoms with van der Waals surface area (Å²) in [7, 11) is 0. The van der Waals surface area contributed by atoms with E-state index in [-0.39, 0.29) is 0 Å². The van der Waals surface area contributed by atoms with Gasteiger partial charge in [0, 0.05) is 0 Å². The highest BCUT2D eigenvalue weighted by atomic mass is 16.4. The van der Waals surface area contributed by atoms with Crippen molar-refractivity contribution in [3.8, 4) is 11.1 Å². The van der Waals surface area contributed by atoms with Crippen LogP contribution in [-0.4, -0.2) is 11.1 Å². The van der Waals surface area contributed by atoms with Crippen molar-refractivity contribution in [2.45, 2.75) is 13.3 Å². The number of carboxylic acid groups (broad SMARTS) is 1. The summed E-state index contributed by atoms with van der Waals surface area (Å²) in [5.41, 5.74) is 3.97. The van der Waals surface area contributed by atoms with Gasteiger partial charge in [-0.15, -0.1) is 0 Å². The molecule has 0 aliphatic heterocycles. The van der Waals surface area contributed by atoms with E-state index in [2.05, 4.69) is 37.3 Å². The van der Waals surface area contributed by atoms with E-state index in [9.17, 15) is 4.79 Å². The minimum absolute atomic E-state index is 0.322. The van der Waals surface area contributed by atoms with Crippen LogP contribution < -0.4 is 0 Å². The lowest BCUT2D eigenvalue weighted by molar-refractivity contribution is 0.0697. The number of hydrogen-bond donors (Lipinski definition) is 1. The number of aryl methyl sites for hydroxylation is 1. The molecule has 0 amide bonds. The van der Waals surface area contributed by atoms with Gasteiger partial charge in [-0.2, -0.15) is 0 Å². The molecule has 0 aliphatic rings. The molecule has 2 heteroatoms. The molecule has 3 aromatic carbocycles. The quantitative estimate of drug-likeness (QED) is 0.748. The van der Waals surface area contributed by atoms with Crippen molar-refractivity contribution in [3.05, 3.63) is 71.8 Å². The molecule has 2 nitrogen and oxygen atoms in total. The molecule has 0 saturated heterocycles. The van der Waals surface area contributed by atoms with Crippen LogP contribution in [0.2, 0.25) is 0 Å². The molecule has 0 bridgehead atoms. The Balaban J connectivity index is 2.04. The Morgan fingerprint density at radius 2 is 1.48 bits per heavy atom. The van der Waals surface area contributed by atoms with Gasteiger partial charge < -0.3 is 5.11 Å². The van der Waals surface area contributed by atoms with E-state index >= 15 is 0 Å². The maximum atomic E-state index is 11.0. The van der Waals surface area contributed by atoms with E-state index in [1.54, 1.807) is 12.1 Å². The first-order valence-corrected chi connectivity index (χ1v) is 7.04. The standard InChI is InChI=1S/C19H16O2/c1-2-13-3-5-14(6-4-13)15-7-8-17-12-18(19(20)21)10-9-16(17)11-15/h3-12H,2H2,1H3,(H,20,21). The van der Waals surface area contributed by atoms with Gasteiger partial charge in [-0.05, 0) is 52.1 Å². The third kappa shape index (κ3) is 2.65. The average Bonchev–Trinajstić information content (AvgIpc) is 2.54. The normalized spacial score (nSPS) is 10.7. The van der Waals surface area contributed by atoms with Crippen molar-refractivity contribution in [2.75, 3.05) is 0 Å². The van der Waals surface area contributed by atoms with Crippen molar-refractivity contribution >= 4 is 16.7 Å². The molecule has 0 radical (unpaired) electrons. The van der Waals surface area contributed by atoms with Crippen LogP contribution in [0.4, 0.5) is 0 Å². The van der Waals surface area contributed by atoms with Crippen LogP contribution in [-0.2, 0) is 6.42 Å². The zero-order chi connectivity index (χ0) is 14.8. The molecule has 0 saturated carbocycles. The van der Waals surface area contributed by atoms with E-state index in [1.165, 1.54) is 11.1 Å². The molecule has 0 unspecified atom stereocenters. The number of rotatable bonds is 3. The number of benzene rings is 3. The molecule has 3 rings (SSSR count). The molecule has 0 aromatic heterocycles. The second kappa shape index (κ2) is 5.41. The zero-order valence-electron chi connectivity index (χ0n) is 11.8. The lowest BCUT2D eigenvalue weighted by Crippen LogP contribution is -1.95. The molecular formula is C19H16O2. The van der Waals surface area contributed by atoms with Gasteiger partial charge in [0.15, 0.2) is 0 Å². The fourth-order valence-corrected chi connectivity index (χ4v) is 2.49. The SMILES string of the molecule is CCc1ccc(-c2ccc3cc(C(=O)O)ccc3c2)cc1. The molecule has 0 aliphatic carbocycles. The number of aromatic carboxylic acids is 1. The Morgan fingerprint density at radius 1 is 0.857 bits per heavy atom. The number of fused-ring (bicyclic) bond motifs is 1. The largest absolute Gasteiger partial charge is 0.478 e. The molecule has 0 spiro atoms. The third-order valence-electron chi connectivity index (χ3n) is 3.78. The molecule has 104 valence electrons. The van der Waals surface area contributed by atoms with Crippen LogP contribution in [0.15, 0.2) is 60.7 Å². The molecule has 21 heavy (non-hydrogen) atoms. The summed E-state index contributed by atoms with van der Waals surface area (Å²) in [4.78, 5) is 11.0. The minimum Gasteiger partial charge on any atom is -0.478 e.